The van der Waals surface area contributed by atoms with Gasteiger partial charge in [-0.05, 0) is 36.4 Å². The van der Waals surface area contributed by atoms with Crippen molar-refractivity contribution in [1.29, 1.82) is 0 Å². The van der Waals surface area contributed by atoms with E-state index in [1.54, 1.807) is 55.5 Å². The summed E-state index contributed by atoms with van der Waals surface area (Å²) in [5, 5.41) is 4.38. The smallest absolute Gasteiger partial charge is 0.267 e. The maximum atomic E-state index is 14.0. The molecule has 2 heterocycles. The van der Waals surface area contributed by atoms with Crippen LogP contribution in [0.25, 0.3) is 11.3 Å². The summed E-state index contributed by atoms with van der Waals surface area (Å²) in [6.07, 6.45) is 0. The molecular formula is C24H25FN4O4. The molecule has 1 amide bonds. The summed E-state index contributed by atoms with van der Waals surface area (Å²) in [5.74, 6) is 0.639. The SMILES string of the molecule is COc1ccc(-c2ccc(=O)n(CC(=O)N3CCN(c4ccccc4F)CC3)n2)cc1OC. The van der Waals surface area contributed by atoms with Crippen molar-refractivity contribution in [3.05, 3.63) is 70.8 Å². The quantitative estimate of drug-likeness (QED) is 0.572. The predicted octanol–water partition coefficient (Wildman–Crippen LogP) is 2.42. The van der Waals surface area contributed by atoms with Crippen molar-refractivity contribution in [3.8, 4) is 22.8 Å². The number of hydrogen-bond acceptors (Lipinski definition) is 6. The summed E-state index contributed by atoms with van der Waals surface area (Å²) in [5.41, 5.74) is 1.43. The van der Waals surface area contributed by atoms with Crippen molar-refractivity contribution in [2.75, 3.05) is 45.3 Å². The van der Waals surface area contributed by atoms with Crippen LogP contribution in [0.1, 0.15) is 0 Å². The predicted molar refractivity (Wildman–Crippen MR) is 122 cm³/mol. The zero-order chi connectivity index (χ0) is 23.4. The molecule has 33 heavy (non-hydrogen) atoms. The number of methoxy groups -OCH3 is 2. The topological polar surface area (TPSA) is 76.9 Å². The van der Waals surface area contributed by atoms with Gasteiger partial charge in [-0.3, -0.25) is 9.59 Å². The van der Waals surface area contributed by atoms with E-state index in [0.717, 1.165) is 10.2 Å². The minimum Gasteiger partial charge on any atom is -0.493 e. The Hall–Kier alpha value is -3.88. The van der Waals surface area contributed by atoms with Gasteiger partial charge in [-0.25, -0.2) is 9.07 Å². The first-order valence-electron chi connectivity index (χ1n) is 10.6. The second-order valence-corrected chi connectivity index (χ2v) is 7.60. The summed E-state index contributed by atoms with van der Waals surface area (Å²) in [7, 11) is 3.10. The Kier molecular flexibility index (Phi) is 6.58. The molecular weight excluding hydrogens is 427 g/mol. The molecule has 9 heteroatoms. The Bertz CT molecular complexity index is 1210. The second kappa shape index (κ2) is 9.72. The van der Waals surface area contributed by atoms with Crippen LogP contribution < -0.4 is 19.9 Å². The van der Waals surface area contributed by atoms with Crippen molar-refractivity contribution in [3.63, 3.8) is 0 Å². The van der Waals surface area contributed by atoms with Crippen LogP contribution in [-0.4, -0.2) is 61.0 Å². The Morgan fingerprint density at radius 1 is 0.970 bits per heavy atom. The summed E-state index contributed by atoms with van der Waals surface area (Å²) in [6, 6.07) is 14.9. The molecule has 0 spiro atoms. The Labute approximate surface area is 190 Å². The van der Waals surface area contributed by atoms with Gasteiger partial charge in [0.05, 0.1) is 25.6 Å². The molecule has 3 aromatic rings. The lowest BCUT2D eigenvalue weighted by Gasteiger charge is -2.36. The molecule has 0 aliphatic carbocycles. The van der Waals surface area contributed by atoms with Gasteiger partial charge in [-0.15, -0.1) is 0 Å². The van der Waals surface area contributed by atoms with Gasteiger partial charge in [0.1, 0.15) is 12.4 Å². The number of benzene rings is 2. The highest BCUT2D eigenvalue weighted by Gasteiger charge is 2.23. The van der Waals surface area contributed by atoms with E-state index in [2.05, 4.69) is 5.10 Å². The van der Waals surface area contributed by atoms with Crippen molar-refractivity contribution in [2.45, 2.75) is 6.54 Å². The monoisotopic (exact) mass is 452 g/mol. The third kappa shape index (κ3) is 4.82. The van der Waals surface area contributed by atoms with E-state index in [0.29, 0.717) is 49.1 Å². The van der Waals surface area contributed by atoms with Crippen molar-refractivity contribution >= 4 is 11.6 Å². The van der Waals surface area contributed by atoms with Crippen LogP contribution in [0.4, 0.5) is 10.1 Å². The zero-order valence-corrected chi connectivity index (χ0v) is 18.5. The number of rotatable bonds is 6. The van der Waals surface area contributed by atoms with Gasteiger partial charge < -0.3 is 19.3 Å². The van der Waals surface area contributed by atoms with Gasteiger partial charge in [-0.2, -0.15) is 5.10 Å². The van der Waals surface area contributed by atoms with E-state index in [4.69, 9.17) is 9.47 Å². The molecule has 4 rings (SSSR count). The van der Waals surface area contributed by atoms with Gasteiger partial charge >= 0.3 is 0 Å². The number of nitrogens with zero attached hydrogens (tertiary/aromatic N) is 4. The van der Waals surface area contributed by atoms with E-state index in [-0.39, 0.29) is 23.8 Å². The van der Waals surface area contributed by atoms with Crippen LogP contribution in [0.5, 0.6) is 11.5 Å². The summed E-state index contributed by atoms with van der Waals surface area (Å²) < 4.78 is 25.8. The van der Waals surface area contributed by atoms with Gasteiger partial charge in [-0.1, -0.05) is 12.1 Å². The average Bonchev–Trinajstić information content (AvgIpc) is 2.85. The molecule has 0 saturated carbocycles. The van der Waals surface area contributed by atoms with Crippen LogP contribution in [0, 0.1) is 5.82 Å². The normalized spacial score (nSPS) is 13.7. The Morgan fingerprint density at radius 3 is 2.39 bits per heavy atom. The number of para-hydroxylation sites is 1. The number of anilines is 1. The van der Waals surface area contributed by atoms with Crippen LogP contribution in [-0.2, 0) is 11.3 Å². The number of carbonyl (C=O) groups is 1. The lowest BCUT2D eigenvalue weighted by molar-refractivity contribution is -0.132. The van der Waals surface area contributed by atoms with E-state index in [9.17, 15) is 14.0 Å². The fourth-order valence-electron chi connectivity index (χ4n) is 3.84. The third-order valence-electron chi connectivity index (χ3n) is 5.66. The van der Waals surface area contributed by atoms with Crippen LogP contribution in [0.2, 0.25) is 0 Å². The lowest BCUT2D eigenvalue weighted by atomic mass is 10.1. The van der Waals surface area contributed by atoms with Gasteiger partial charge in [0, 0.05) is 37.8 Å². The molecule has 172 valence electrons. The van der Waals surface area contributed by atoms with Crippen molar-refractivity contribution in [1.82, 2.24) is 14.7 Å². The number of ether oxygens (including phenoxy) is 2. The third-order valence-corrected chi connectivity index (χ3v) is 5.66. The number of halogens is 1. The molecule has 1 saturated heterocycles. The minimum atomic E-state index is -0.363. The highest BCUT2D eigenvalue weighted by Crippen LogP contribution is 2.31. The number of aromatic nitrogens is 2. The fourth-order valence-corrected chi connectivity index (χ4v) is 3.84. The van der Waals surface area contributed by atoms with Crippen molar-refractivity contribution in [2.24, 2.45) is 0 Å². The van der Waals surface area contributed by atoms with Gasteiger partial charge in [0.25, 0.3) is 5.56 Å². The number of amides is 1. The van der Waals surface area contributed by atoms with Crippen LogP contribution in [0.3, 0.4) is 0 Å². The molecule has 0 unspecified atom stereocenters. The van der Waals surface area contributed by atoms with Crippen LogP contribution >= 0.6 is 0 Å². The number of piperazine rings is 1. The van der Waals surface area contributed by atoms with Gasteiger partial charge in [0.15, 0.2) is 11.5 Å². The first-order chi connectivity index (χ1) is 16.0. The van der Waals surface area contributed by atoms with E-state index < -0.39 is 0 Å². The molecule has 1 aliphatic heterocycles. The fraction of sp³-hybridized carbons (Fsp3) is 0.292. The zero-order valence-electron chi connectivity index (χ0n) is 18.5. The van der Waals surface area contributed by atoms with E-state index in [1.165, 1.54) is 12.1 Å². The molecule has 1 aromatic heterocycles. The maximum absolute atomic E-state index is 14.0. The highest BCUT2D eigenvalue weighted by molar-refractivity contribution is 5.76. The standard InChI is InChI=1S/C24H25FN4O4/c1-32-21-9-7-17(15-22(21)33-2)19-8-10-23(30)29(26-19)16-24(31)28-13-11-27(12-14-28)20-6-4-3-5-18(20)25/h3-10,15H,11-14,16H2,1-2H3. The first-order valence-corrected chi connectivity index (χ1v) is 10.6. The maximum Gasteiger partial charge on any atom is 0.267 e. The molecule has 2 aromatic carbocycles. The largest absolute Gasteiger partial charge is 0.493 e. The molecule has 1 fully saturated rings. The summed E-state index contributed by atoms with van der Waals surface area (Å²) >= 11 is 0. The number of hydrogen-bond donors (Lipinski definition) is 0. The lowest BCUT2D eigenvalue weighted by Crippen LogP contribution is -2.50. The summed E-state index contributed by atoms with van der Waals surface area (Å²) in [4.78, 5) is 28.8. The Morgan fingerprint density at radius 2 is 1.70 bits per heavy atom. The number of carbonyl (C=O) groups excluding carboxylic acids is 1. The second-order valence-electron chi connectivity index (χ2n) is 7.60. The molecule has 0 N–H and O–H groups in total. The molecule has 1 aliphatic rings. The summed E-state index contributed by atoms with van der Waals surface area (Å²) in [6.45, 7) is 1.75. The average molecular weight is 452 g/mol. The van der Waals surface area contributed by atoms with Gasteiger partial charge in [0.2, 0.25) is 5.91 Å². The minimum absolute atomic E-state index is 0.167. The van der Waals surface area contributed by atoms with E-state index >= 15 is 0 Å². The van der Waals surface area contributed by atoms with Crippen molar-refractivity contribution < 1.29 is 18.7 Å². The highest BCUT2D eigenvalue weighted by atomic mass is 19.1. The molecule has 0 atom stereocenters. The molecule has 0 bridgehead atoms. The van der Waals surface area contributed by atoms with Crippen LogP contribution in [0.15, 0.2) is 59.4 Å². The molecule has 8 nitrogen and oxygen atoms in total. The Balaban J connectivity index is 1.46. The molecule has 0 radical (unpaired) electrons. The van der Waals surface area contributed by atoms with E-state index in [1.807, 2.05) is 11.0 Å². The first kappa shape index (κ1) is 22.3.